The minimum Gasteiger partial charge on any atom is -0.397 e. The average Bonchev–Trinajstić information content (AvgIpc) is 2.49. The molecule has 1 atom stereocenters. The lowest BCUT2D eigenvalue weighted by Gasteiger charge is -2.33. The van der Waals surface area contributed by atoms with E-state index < -0.39 is 16.1 Å². The van der Waals surface area contributed by atoms with Gasteiger partial charge in [0, 0.05) is 13.6 Å². The fourth-order valence-corrected chi connectivity index (χ4v) is 4.25. The molecule has 1 aliphatic heterocycles. The summed E-state index contributed by atoms with van der Waals surface area (Å²) in [4.78, 5) is 12.0. The number of benzene rings is 1. The van der Waals surface area contributed by atoms with Crippen LogP contribution >= 0.6 is 11.6 Å². The molecule has 0 bridgehead atoms. The topological polar surface area (TPSA) is 92.5 Å². The molecule has 0 radical (unpaired) electrons. The van der Waals surface area contributed by atoms with Crippen molar-refractivity contribution in [1.29, 1.82) is 0 Å². The molecule has 1 unspecified atom stereocenters. The Labute approximate surface area is 129 Å². The summed E-state index contributed by atoms with van der Waals surface area (Å²) in [5.41, 5.74) is 5.87. The molecule has 1 fully saturated rings. The van der Waals surface area contributed by atoms with Crippen molar-refractivity contribution >= 4 is 33.2 Å². The summed E-state index contributed by atoms with van der Waals surface area (Å²) in [6.07, 6.45) is 2.07. The zero-order valence-corrected chi connectivity index (χ0v) is 13.2. The van der Waals surface area contributed by atoms with Crippen molar-refractivity contribution in [3.05, 3.63) is 23.2 Å². The van der Waals surface area contributed by atoms with Gasteiger partial charge in [0.05, 0.1) is 15.6 Å². The Bertz CT molecular complexity index is 648. The molecule has 0 spiro atoms. The van der Waals surface area contributed by atoms with Gasteiger partial charge in [0.1, 0.15) is 6.04 Å². The zero-order chi connectivity index (χ0) is 15.6. The molecule has 116 valence electrons. The first-order valence-electron chi connectivity index (χ1n) is 6.66. The molecule has 8 heteroatoms. The van der Waals surface area contributed by atoms with Crippen molar-refractivity contribution in [2.24, 2.45) is 0 Å². The van der Waals surface area contributed by atoms with E-state index in [2.05, 4.69) is 5.32 Å². The highest BCUT2D eigenvalue weighted by atomic mass is 35.5. The Morgan fingerprint density at radius 1 is 1.43 bits per heavy atom. The molecule has 1 amide bonds. The lowest BCUT2D eigenvalue weighted by molar-refractivity contribution is -0.125. The van der Waals surface area contributed by atoms with Gasteiger partial charge in [-0.05, 0) is 31.0 Å². The van der Waals surface area contributed by atoms with E-state index in [4.69, 9.17) is 17.3 Å². The number of hydrogen-bond acceptors (Lipinski definition) is 4. The van der Waals surface area contributed by atoms with E-state index in [9.17, 15) is 13.2 Å². The number of halogens is 1. The number of nitrogens with one attached hydrogen (secondary N) is 1. The smallest absolute Gasteiger partial charge is 0.243 e. The van der Waals surface area contributed by atoms with E-state index >= 15 is 0 Å². The number of carbonyl (C=O) groups is 1. The standard InChI is InChI=1S/C13H18ClN3O3S/c1-16-13(18)12-4-2-3-7-17(12)21(19,20)9-5-6-10(14)11(15)8-9/h5-6,8,12H,2-4,7,15H2,1H3,(H,16,18). The Morgan fingerprint density at radius 2 is 2.14 bits per heavy atom. The maximum absolute atomic E-state index is 12.7. The highest BCUT2D eigenvalue weighted by Crippen LogP contribution is 2.28. The number of nitrogens with zero attached hydrogens (tertiary/aromatic N) is 1. The molecule has 1 aliphatic rings. The first-order chi connectivity index (χ1) is 9.87. The van der Waals surface area contributed by atoms with Crippen LogP contribution in [-0.2, 0) is 14.8 Å². The summed E-state index contributed by atoms with van der Waals surface area (Å²) in [5, 5.41) is 2.82. The zero-order valence-electron chi connectivity index (χ0n) is 11.7. The highest BCUT2D eigenvalue weighted by molar-refractivity contribution is 7.89. The molecule has 2 rings (SSSR count). The number of rotatable bonds is 3. The summed E-state index contributed by atoms with van der Waals surface area (Å²) in [6.45, 7) is 0.322. The van der Waals surface area contributed by atoms with Gasteiger partial charge in [-0.3, -0.25) is 4.79 Å². The quantitative estimate of drug-likeness (QED) is 0.814. The van der Waals surface area contributed by atoms with Crippen molar-refractivity contribution in [2.75, 3.05) is 19.3 Å². The van der Waals surface area contributed by atoms with Gasteiger partial charge in [-0.25, -0.2) is 8.42 Å². The van der Waals surface area contributed by atoms with Crippen LogP contribution in [0.25, 0.3) is 0 Å². The largest absolute Gasteiger partial charge is 0.397 e. The van der Waals surface area contributed by atoms with E-state index in [1.54, 1.807) is 0 Å². The maximum Gasteiger partial charge on any atom is 0.243 e. The summed E-state index contributed by atoms with van der Waals surface area (Å²) < 4.78 is 26.7. The first kappa shape index (κ1) is 16.1. The average molecular weight is 332 g/mol. The minimum absolute atomic E-state index is 0.0557. The highest BCUT2D eigenvalue weighted by Gasteiger charge is 2.37. The predicted octanol–water partition coefficient (Wildman–Crippen LogP) is 1.21. The maximum atomic E-state index is 12.7. The molecular weight excluding hydrogens is 314 g/mol. The molecular formula is C13H18ClN3O3S. The van der Waals surface area contributed by atoms with Crippen LogP contribution in [0.4, 0.5) is 5.69 Å². The molecule has 3 N–H and O–H groups in total. The minimum atomic E-state index is -3.77. The molecule has 0 aromatic heterocycles. The number of likely N-dealkylation sites (N-methyl/N-ethyl adjacent to an activating group) is 1. The van der Waals surface area contributed by atoms with Gasteiger partial charge < -0.3 is 11.1 Å². The molecule has 0 saturated carbocycles. The van der Waals surface area contributed by atoms with Crippen LogP contribution in [0.1, 0.15) is 19.3 Å². The number of nitrogen functional groups attached to an aromatic ring is 1. The molecule has 0 aliphatic carbocycles. The van der Waals surface area contributed by atoms with E-state index in [-0.39, 0.29) is 16.5 Å². The van der Waals surface area contributed by atoms with Crippen LogP contribution < -0.4 is 11.1 Å². The van der Waals surface area contributed by atoms with Gasteiger partial charge in [-0.1, -0.05) is 18.0 Å². The van der Waals surface area contributed by atoms with Gasteiger partial charge >= 0.3 is 0 Å². The van der Waals surface area contributed by atoms with Gasteiger partial charge in [0.25, 0.3) is 0 Å². The fraction of sp³-hybridized carbons (Fsp3) is 0.462. The number of piperidine rings is 1. The lowest BCUT2D eigenvalue weighted by Crippen LogP contribution is -2.51. The number of sulfonamides is 1. The number of hydrogen-bond donors (Lipinski definition) is 2. The molecule has 1 saturated heterocycles. The second kappa shape index (κ2) is 6.21. The van der Waals surface area contributed by atoms with Crippen LogP contribution in [0.3, 0.4) is 0 Å². The number of nitrogens with two attached hydrogens (primary N) is 1. The van der Waals surface area contributed by atoms with Gasteiger partial charge in [0.2, 0.25) is 15.9 Å². The van der Waals surface area contributed by atoms with Crippen molar-refractivity contribution in [3.8, 4) is 0 Å². The van der Waals surface area contributed by atoms with Crippen LogP contribution in [0, 0.1) is 0 Å². The molecule has 6 nitrogen and oxygen atoms in total. The molecule has 1 aromatic carbocycles. The van der Waals surface area contributed by atoms with Gasteiger partial charge in [-0.15, -0.1) is 0 Å². The number of amides is 1. The van der Waals surface area contributed by atoms with Crippen LogP contribution in [0.5, 0.6) is 0 Å². The first-order valence-corrected chi connectivity index (χ1v) is 8.48. The number of anilines is 1. The Morgan fingerprint density at radius 3 is 2.76 bits per heavy atom. The summed E-state index contributed by atoms with van der Waals surface area (Å²) in [5.74, 6) is -0.291. The summed E-state index contributed by atoms with van der Waals surface area (Å²) >= 11 is 5.82. The third kappa shape index (κ3) is 3.14. The fourth-order valence-electron chi connectivity index (χ4n) is 2.44. The number of carbonyl (C=O) groups excluding carboxylic acids is 1. The van der Waals surface area contributed by atoms with Crippen molar-refractivity contribution in [2.45, 2.75) is 30.2 Å². The molecule has 1 aromatic rings. The second-order valence-electron chi connectivity index (χ2n) is 4.92. The Hall–Kier alpha value is -1.31. The van der Waals surface area contributed by atoms with E-state index in [0.29, 0.717) is 18.0 Å². The van der Waals surface area contributed by atoms with Crippen LogP contribution in [0.2, 0.25) is 5.02 Å². The SMILES string of the molecule is CNC(=O)C1CCCCN1S(=O)(=O)c1ccc(Cl)c(N)c1. The normalized spacial score (nSPS) is 20.2. The third-order valence-electron chi connectivity index (χ3n) is 3.58. The monoisotopic (exact) mass is 331 g/mol. The molecule has 21 heavy (non-hydrogen) atoms. The van der Waals surface area contributed by atoms with Crippen molar-refractivity contribution in [1.82, 2.24) is 9.62 Å². The van der Waals surface area contributed by atoms with Crippen LogP contribution in [-0.4, -0.2) is 38.3 Å². The summed E-state index contributed by atoms with van der Waals surface area (Å²) in [6, 6.07) is 3.50. The van der Waals surface area contributed by atoms with Crippen LogP contribution in [0.15, 0.2) is 23.1 Å². The van der Waals surface area contributed by atoms with Crippen molar-refractivity contribution in [3.63, 3.8) is 0 Å². The second-order valence-corrected chi connectivity index (χ2v) is 7.22. The van der Waals surface area contributed by atoms with E-state index in [1.165, 1.54) is 29.6 Å². The predicted molar refractivity (Wildman–Crippen MR) is 81.5 cm³/mol. The third-order valence-corrected chi connectivity index (χ3v) is 5.83. The van der Waals surface area contributed by atoms with Gasteiger partial charge in [-0.2, -0.15) is 4.31 Å². The Kier molecular flexibility index (Phi) is 4.75. The van der Waals surface area contributed by atoms with Gasteiger partial charge in [0.15, 0.2) is 0 Å². The lowest BCUT2D eigenvalue weighted by atomic mass is 10.0. The van der Waals surface area contributed by atoms with E-state index in [1.807, 2.05) is 0 Å². The Balaban J connectivity index is 2.40. The summed E-state index contributed by atoms with van der Waals surface area (Å²) in [7, 11) is -2.27. The molecule has 1 heterocycles. The van der Waals surface area contributed by atoms with Crippen molar-refractivity contribution < 1.29 is 13.2 Å². The van der Waals surface area contributed by atoms with E-state index in [0.717, 1.165) is 12.8 Å².